The van der Waals surface area contributed by atoms with E-state index in [0.29, 0.717) is 37.4 Å². The summed E-state index contributed by atoms with van der Waals surface area (Å²) >= 11 is 0. The average molecular weight is 362 g/mol. The van der Waals surface area contributed by atoms with Gasteiger partial charge < -0.3 is 18.9 Å². The highest BCUT2D eigenvalue weighted by atomic mass is 16.6. The zero-order valence-electron chi connectivity index (χ0n) is 15.4. The Kier molecular flexibility index (Phi) is 10.5. The quantitative estimate of drug-likeness (QED) is 0.323. The number of benzene rings is 1. The molecule has 0 aromatic heterocycles. The van der Waals surface area contributed by atoms with Crippen LogP contribution in [0.2, 0.25) is 0 Å². The van der Waals surface area contributed by atoms with Crippen molar-refractivity contribution in [2.75, 3.05) is 33.0 Å². The van der Waals surface area contributed by atoms with Gasteiger partial charge in [-0.15, -0.1) is 0 Å². The van der Waals surface area contributed by atoms with Crippen molar-refractivity contribution in [3.05, 3.63) is 54.1 Å². The second-order valence-electron chi connectivity index (χ2n) is 5.50. The number of hydrogen-bond donors (Lipinski definition) is 0. The maximum absolute atomic E-state index is 11.7. The van der Waals surface area contributed by atoms with Crippen LogP contribution in [0.4, 0.5) is 0 Å². The number of esters is 2. The van der Waals surface area contributed by atoms with Crippen molar-refractivity contribution in [1.29, 1.82) is 0 Å². The van der Waals surface area contributed by atoms with E-state index in [2.05, 4.69) is 6.58 Å². The van der Waals surface area contributed by atoms with Crippen LogP contribution >= 0.6 is 0 Å². The molecule has 0 aliphatic carbocycles. The highest BCUT2D eigenvalue weighted by Gasteiger charge is 2.07. The molecule has 1 aromatic carbocycles. The largest absolute Gasteiger partial charge is 0.491 e. The lowest BCUT2D eigenvalue weighted by Crippen LogP contribution is -2.14. The molecule has 1 aromatic rings. The first-order valence-corrected chi connectivity index (χ1v) is 8.43. The van der Waals surface area contributed by atoms with Gasteiger partial charge in [-0.3, -0.25) is 0 Å². The van der Waals surface area contributed by atoms with Gasteiger partial charge in [-0.2, -0.15) is 0 Å². The molecular weight excluding hydrogens is 336 g/mol. The predicted octanol–water partition coefficient (Wildman–Crippen LogP) is 3.08. The number of ether oxygens (including phenoxy) is 4. The topological polar surface area (TPSA) is 71.1 Å². The van der Waals surface area contributed by atoms with Gasteiger partial charge in [-0.1, -0.05) is 30.9 Å². The maximum Gasteiger partial charge on any atom is 0.333 e. The zero-order chi connectivity index (χ0) is 19.2. The van der Waals surface area contributed by atoms with Crippen molar-refractivity contribution in [1.82, 2.24) is 0 Å². The van der Waals surface area contributed by atoms with Gasteiger partial charge in [0.15, 0.2) is 0 Å². The summed E-state index contributed by atoms with van der Waals surface area (Å²) in [4.78, 5) is 22.9. The molecule has 0 N–H and O–H groups in total. The first-order valence-electron chi connectivity index (χ1n) is 8.43. The van der Waals surface area contributed by atoms with Crippen molar-refractivity contribution in [2.24, 2.45) is 0 Å². The molecule has 0 fully saturated rings. The van der Waals surface area contributed by atoms with Gasteiger partial charge >= 0.3 is 11.9 Å². The highest BCUT2D eigenvalue weighted by Crippen LogP contribution is 2.07. The highest BCUT2D eigenvalue weighted by molar-refractivity contribution is 5.88. The summed E-state index contributed by atoms with van der Waals surface area (Å²) in [6.07, 6.45) is 2.34. The van der Waals surface area contributed by atoms with Crippen LogP contribution < -0.4 is 4.74 Å². The van der Waals surface area contributed by atoms with E-state index in [-0.39, 0.29) is 13.2 Å². The van der Waals surface area contributed by atoms with Crippen LogP contribution in [0.25, 0.3) is 0 Å². The molecule has 6 nitrogen and oxygen atoms in total. The Morgan fingerprint density at radius 3 is 2.23 bits per heavy atom. The first-order chi connectivity index (χ1) is 12.5. The van der Waals surface area contributed by atoms with Crippen LogP contribution in [-0.4, -0.2) is 45.0 Å². The minimum absolute atomic E-state index is 0.00917. The van der Waals surface area contributed by atoms with Crippen molar-refractivity contribution in [2.45, 2.75) is 20.3 Å². The van der Waals surface area contributed by atoms with Crippen LogP contribution in [-0.2, 0) is 23.8 Å². The Bertz CT molecular complexity index is 606. The van der Waals surface area contributed by atoms with Crippen LogP contribution in [0.15, 0.2) is 54.1 Å². The normalized spacial score (nSPS) is 10.9. The fourth-order valence-electron chi connectivity index (χ4n) is 1.79. The van der Waals surface area contributed by atoms with Gasteiger partial charge in [0.05, 0.1) is 13.2 Å². The van der Waals surface area contributed by atoms with Gasteiger partial charge in [0.25, 0.3) is 0 Å². The predicted molar refractivity (Wildman–Crippen MR) is 97.9 cm³/mol. The summed E-state index contributed by atoms with van der Waals surface area (Å²) in [5, 5.41) is 0. The first kappa shape index (κ1) is 21.4. The lowest BCUT2D eigenvalue weighted by atomic mass is 10.2. The fraction of sp³-hybridized carbons (Fsp3) is 0.400. The van der Waals surface area contributed by atoms with E-state index < -0.39 is 11.9 Å². The van der Waals surface area contributed by atoms with E-state index in [4.69, 9.17) is 18.9 Å². The van der Waals surface area contributed by atoms with Gasteiger partial charge in [0, 0.05) is 11.1 Å². The number of rotatable bonds is 12. The lowest BCUT2D eigenvalue weighted by Gasteiger charge is -2.07. The molecule has 0 aliphatic rings. The van der Waals surface area contributed by atoms with Crippen LogP contribution in [0.1, 0.15) is 20.3 Å². The van der Waals surface area contributed by atoms with Crippen LogP contribution in [0, 0.1) is 0 Å². The maximum atomic E-state index is 11.7. The number of carbonyl (C=O) groups excluding carboxylic acids is 2. The molecule has 0 radical (unpaired) electrons. The minimum Gasteiger partial charge on any atom is -0.491 e. The molecule has 0 unspecified atom stereocenters. The molecule has 0 saturated heterocycles. The Balaban J connectivity index is 2.06. The number of para-hydroxylation sites is 1. The molecule has 0 amide bonds. The van der Waals surface area contributed by atoms with Crippen LogP contribution in [0.5, 0.6) is 5.75 Å². The lowest BCUT2D eigenvalue weighted by molar-refractivity contribution is -0.147. The molecule has 0 bridgehead atoms. The third-order valence-electron chi connectivity index (χ3n) is 3.17. The second kappa shape index (κ2) is 12.7. The van der Waals surface area contributed by atoms with Crippen molar-refractivity contribution in [3.8, 4) is 5.75 Å². The van der Waals surface area contributed by atoms with Crippen molar-refractivity contribution in [3.63, 3.8) is 0 Å². The molecular formula is C20H26O6. The molecule has 6 heteroatoms. The molecule has 26 heavy (non-hydrogen) atoms. The smallest absolute Gasteiger partial charge is 0.333 e. The molecule has 0 saturated carbocycles. The van der Waals surface area contributed by atoms with Gasteiger partial charge in [-0.25, -0.2) is 9.59 Å². The second-order valence-corrected chi connectivity index (χ2v) is 5.50. The van der Waals surface area contributed by atoms with Crippen molar-refractivity contribution >= 4 is 11.9 Å². The summed E-state index contributed by atoms with van der Waals surface area (Å²) in [6, 6.07) is 9.52. The average Bonchev–Trinajstić information content (AvgIpc) is 2.64. The Hall–Kier alpha value is -2.60. The molecule has 0 spiro atoms. The third-order valence-corrected chi connectivity index (χ3v) is 3.17. The van der Waals surface area contributed by atoms with E-state index in [0.717, 1.165) is 5.75 Å². The Morgan fingerprint density at radius 2 is 1.58 bits per heavy atom. The minimum atomic E-state index is -0.498. The monoisotopic (exact) mass is 362 g/mol. The Morgan fingerprint density at radius 1 is 0.923 bits per heavy atom. The summed E-state index contributed by atoms with van der Waals surface area (Å²) in [7, 11) is 0. The van der Waals surface area contributed by atoms with E-state index in [1.807, 2.05) is 30.3 Å². The molecule has 0 heterocycles. The Labute approximate surface area is 154 Å². The molecule has 1 rings (SSSR count). The van der Waals surface area contributed by atoms with Crippen molar-refractivity contribution < 1.29 is 28.5 Å². The summed E-state index contributed by atoms with van der Waals surface area (Å²) in [6.45, 7) is 8.13. The summed E-state index contributed by atoms with van der Waals surface area (Å²) in [5.41, 5.74) is 0.793. The van der Waals surface area contributed by atoms with Gasteiger partial charge in [-0.05, 0) is 32.4 Å². The molecule has 142 valence electrons. The third kappa shape index (κ3) is 9.64. The SMILES string of the molecule is C=C(C)C(=O)OCCOC(=O)C(C)=CCCOCCOc1ccccc1. The summed E-state index contributed by atoms with van der Waals surface area (Å²) in [5.74, 6) is -0.131. The summed E-state index contributed by atoms with van der Waals surface area (Å²) < 4.78 is 20.8. The standard InChI is InChI=1S/C20H26O6/c1-16(2)19(21)25-14-15-26-20(22)17(3)8-7-11-23-12-13-24-18-9-5-4-6-10-18/h4-6,8-10H,1,7,11-15H2,2-3H3. The molecule has 0 aliphatic heterocycles. The number of hydrogen-bond acceptors (Lipinski definition) is 6. The van der Waals surface area contributed by atoms with Crippen LogP contribution in [0.3, 0.4) is 0 Å². The van der Waals surface area contributed by atoms with E-state index in [1.54, 1.807) is 19.9 Å². The van der Waals surface area contributed by atoms with E-state index in [1.165, 1.54) is 0 Å². The fourth-order valence-corrected chi connectivity index (χ4v) is 1.79. The molecule has 0 atom stereocenters. The van der Waals surface area contributed by atoms with E-state index in [9.17, 15) is 9.59 Å². The van der Waals surface area contributed by atoms with E-state index >= 15 is 0 Å². The van der Waals surface area contributed by atoms with Gasteiger partial charge in [0.1, 0.15) is 25.6 Å². The zero-order valence-corrected chi connectivity index (χ0v) is 15.4. The van der Waals surface area contributed by atoms with Gasteiger partial charge in [0.2, 0.25) is 0 Å². The number of carbonyl (C=O) groups is 2.